The number of carbonyl (C=O) groups excluding carboxylic acids is 1. The zero-order valence-corrected chi connectivity index (χ0v) is 13.9. The molecule has 1 aliphatic rings. The Bertz CT molecular complexity index is 430. The maximum atomic E-state index is 12.2. The third-order valence-corrected chi connectivity index (χ3v) is 5.78. The molecule has 6 heteroatoms. The van der Waals surface area contributed by atoms with Gasteiger partial charge in [0, 0.05) is 12.6 Å². The van der Waals surface area contributed by atoms with Crippen LogP contribution in [0.25, 0.3) is 0 Å². The number of halogens is 2. The number of amides is 1. The van der Waals surface area contributed by atoms with Crippen LogP contribution in [0, 0.1) is 5.92 Å². The molecule has 1 heterocycles. The normalized spacial score (nSPS) is 17.9. The van der Waals surface area contributed by atoms with Crippen LogP contribution in [0.2, 0.25) is 0 Å². The van der Waals surface area contributed by atoms with Crippen LogP contribution in [0.3, 0.4) is 0 Å². The highest BCUT2D eigenvalue weighted by Gasteiger charge is 2.26. The quantitative estimate of drug-likeness (QED) is 0.819. The van der Waals surface area contributed by atoms with Gasteiger partial charge in [-0.1, -0.05) is 12.8 Å². The molecule has 0 aromatic carbocycles. The van der Waals surface area contributed by atoms with Gasteiger partial charge in [0.1, 0.15) is 0 Å². The molecule has 1 unspecified atom stereocenters. The van der Waals surface area contributed by atoms with Gasteiger partial charge in [-0.2, -0.15) is 0 Å². The van der Waals surface area contributed by atoms with Gasteiger partial charge in [-0.25, -0.2) is 0 Å². The van der Waals surface area contributed by atoms with Crippen molar-refractivity contribution < 1.29 is 4.79 Å². The molecule has 3 nitrogen and oxygen atoms in total. The first kappa shape index (κ1) is 14.5. The summed E-state index contributed by atoms with van der Waals surface area (Å²) in [5.74, 6) is 0.506. The standard InChI is InChI=1S/C12H16Br2N2OS/c13-10-5-8(11(14)18-10)12(17)16-9(6-15)7-3-1-2-4-7/h5,7,9H,1-4,6,15H2,(H,16,17). The number of hydrogen-bond acceptors (Lipinski definition) is 3. The van der Waals surface area contributed by atoms with Crippen molar-refractivity contribution in [3.05, 3.63) is 19.2 Å². The molecule has 1 fully saturated rings. The van der Waals surface area contributed by atoms with Gasteiger partial charge in [0.2, 0.25) is 0 Å². The van der Waals surface area contributed by atoms with Crippen LogP contribution in [0.4, 0.5) is 0 Å². The minimum Gasteiger partial charge on any atom is -0.348 e. The SMILES string of the molecule is NCC(NC(=O)c1cc(Br)sc1Br)C1CCCC1. The molecule has 1 aromatic rings. The topological polar surface area (TPSA) is 55.1 Å². The van der Waals surface area contributed by atoms with E-state index in [9.17, 15) is 4.79 Å². The lowest BCUT2D eigenvalue weighted by Crippen LogP contribution is -2.44. The van der Waals surface area contributed by atoms with Crippen molar-refractivity contribution >= 4 is 49.1 Å². The summed E-state index contributed by atoms with van der Waals surface area (Å²) in [7, 11) is 0. The third kappa shape index (κ3) is 3.35. The fourth-order valence-corrected chi connectivity index (χ4v) is 5.26. The minimum atomic E-state index is -0.0359. The predicted octanol–water partition coefficient (Wildman–Crippen LogP) is 3.52. The highest BCUT2D eigenvalue weighted by Crippen LogP contribution is 2.32. The first-order chi connectivity index (χ1) is 8.61. The number of rotatable bonds is 4. The van der Waals surface area contributed by atoms with Crippen LogP contribution < -0.4 is 11.1 Å². The Morgan fingerprint density at radius 3 is 2.67 bits per heavy atom. The maximum Gasteiger partial charge on any atom is 0.253 e. The lowest BCUT2D eigenvalue weighted by atomic mass is 9.98. The third-order valence-electron chi connectivity index (χ3n) is 3.44. The molecule has 0 saturated heterocycles. The fraction of sp³-hybridized carbons (Fsp3) is 0.583. The molecule has 0 bridgehead atoms. The average molecular weight is 396 g/mol. The van der Waals surface area contributed by atoms with Gasteiger partial charge in [-0.05, 0) is 56.7 Å². The summed E-state index contributed by atoms with van der Waals surface area (Å²) in [6, 6.07) is 1.94. The first-order valence-corrected chi connectivity index (χ1v) is 8.48. The first-order valence-electron chi connectivity index (χ1n) is 6.07. The number of nitrogens with two attached hydrogens (primary N) is 1. The van der Waals surface area contributed by atoms with Gasteiger partial charge in [-0.3, -0.25) is 4.79 Å². The molecule has 100 valence electrons. The fourth-order valence-electron chi connectivity index (χ4n) is 2.47. The zero-order chi connectivity index (χ0) is 13.1. The van der Waals surface area contributed by atoms with Gasteiger partial charge in [-0.15, -0.1) is 11.3 Å². The summed E-state index contributed by atoms with van der Waals surface area (Å²) >= 11 is 8.30. The van der Waals surface area contributed by atoms with Crippen molar-refractivity contribution in [1.29, 1.82) is 0 Å². The molecule has 18 heavy (non-hydrogen) atoms. The van der Waals surface area contributed by atoms with E-state index in [1.807, 2.05) is 6.07 Å². The van der Waals surface area contributed by atoms with E-state index in [1.54, 1.807) is 0 Å². The van der Waals surface area contributed by atoms with Crippen molar-refractivity contribution in [1.82, 2.24) is 5.32 Å². The molecule has 1 atom stereocenters. The van der Waals surface area contributed by atoms with E-state index in [0.29, 0.717) is 18.0 Å². The molecule has 0 aliphatic heterocycles. The van der Waals surface area contributed by atoms with E-state index in [4.69, 9.17) is 5.73 Å². The molecule has 3 N–H and O–H groups in total. The Hall–Kier alpha value is 0.0900. The Labute approximate surface area is 128 Å². The Morgan fingerprint density at radius 2 is 2.17 bits per heavy atom. The number of carbonyl (C=O) groups is 1. The highest BCUT2D eigenvalue weighted by molar-refractivity contribution is 9.12. The van der Waals surface area contributed by atoms with Crippen molar-refractivity contribution in [2.24, 2.45) is 11.7 Å². The summed E-state index contributed by atoms with van der Waals surface area (Å²) in [5, 5.41) is 3.07. The summed E-state index contributed by atoms with van der Waals surface area (Å²) in [5.41, 5.74) is 6.47. The molecule has 1 aliphatic carbocycles. The van der Waals surface area contributed by atoms with Gasteiger partial charge in [0.25, 0.3) is 5.91 Å². The molecule has 1 amide bonds. The van der Waals surface area contributed by atoms with Crippen LogP contribution in [0.5, 0.6) is 0 Å². The highest BCUT2D eigenvalue weighted by atomic mass is 79.9. The average Bonchev–Trinajstić information content (AvgIpc) is 2.95. The Balaban J connectivity index is 2.03. The van der Waals surface area contributed by atoms with Crippen molar-refractivity contribution in [3.63, 3.8) is 0 Å². The summed E-state index contributed by atoms with van der Waals surface area (Å²) in [6.07, 6.45) is 4.86. The smallest absolute Gasteiger partial charge is 0.253 e. The molecule has 1 saturated carbocycles. The second-order valence-electron chi connectivity index (χ2n) is 4.60. The predicted molar refractivity (Wildman–Crippen MR) is 82.0 cm³/mol. The molecule has 1 aromatic heterocycles. The molecular weight excluding hydrogens is 380 g/mol. The molecular formula is C12H16Br2N2OS. The van der Waals surface area contributed by atoms with Crippen LogP contribution >= 0.6 is 43.2 Å². The maximum absolute atomic E-state index is 12.2. The lowest BCUT2D eigenvalue weighted by Gasteiger charge is -2.23. The second-order valence-corrected chi connectivity index (χ2v) is 8.35. The van der Waals surface area contributed by atoms with E-state index in [-0.39, 0.29) is 11.9 Å². The van der Waals surface area contributed by atoms with Crippen LogP contribution in [-0.4, -0.2) is 18.5 Å². The number of nitrogens with one attached hydrogen (secondary N) is 1. The van der Waals surface area contributed by atoms with E-state index in [2.05, 4.69) is 37.2 Å². The zero-order valence-electron chi connectivity index (χ0n) is 9.92. The Kier molecular flexibility index (Phi) is 5.24. The minimum absolute atomic E-state index is 0.0359. The van der Waals surface area contributed by atoms with Crippen molar-refractivity contribution in [2.75, 3.05) is 6.54 Å². The van der Waals surface area contributed by atoms with E-state index in [0.717, 1.165) is 7.57 Å². The van der Waals surface area contributed by atoms with E-state index in [1.165, 1.54) is 37.0 Å². The van der Waals surface area contributed by atoms with Crippen molar-refractivity contribution in [3.8, 4) is 0 Å². The van der Waals surface area contributed by atoms with E-state index >= 15 is 0 Å². The summed E-state index contributed by atoms with van der Waals surface area (Å²) in [4.78, 5) is 12.2. The molecule has 2 rings (SSSR count). The molecule has 0 spiro atoms. The lowest BCUT2D eigenvalue weighted by molar-refractivity contribution is 0.0924. The van der Waals surface area contributed by atoms with Gasteiger partial charge in [0.05, 0.1) is 13.1 Å². The summed E-state index contributed by atoms with van der Waals surface area (Å²) < 4.78 is 1.80. The van der Waals surface area contributed by atoms with Crippen LogP contribution in [-0.2, 0) is 0 Å². The van der Waals surface area contributed by atoms with Gasteiger partial charge < -0.3 is 11.1 Å². The van der Waals surface area contributed by atoms with Gasteiger partial charge in [0.15, 0.2) is 0 Å². The monoisotopic (exact) mass is 394 g/mol. The number of hydrogen-bond donors (Lipinski definition) is 2. The summed E-state index contributed by atoms with van der Waals surface area (Å²) in [6.45, 7) is 0.513. The Morgan fingerprint density at radius 1 is 1.50 bits per heavy atom. The second kappa shape index (κ2) is 6.50. The van der Waals surface area contributed by atoms with E-state index < -0.39 is 0 Å². The van der Waals surface area contributed by atoms with Crippen LogP contribution in [0.15, 0.2) is 13.6 Å². The molecule has 0 radical (unpaired) electrons. The largest absolute Gasteiger partial charge is 0.348 e. The number of thiophene rings is 1. The van der Waals surface area contributed by atoms with Crippen molar-refractivity contribution in [2.45, 2.75) is 31.7 Å². The van der Waals surface area contributed by atoms with Gasteiger partial charge >= 0.3 is 0 Å². The van der Waals surface area contributed by atoms with Crippen LogP contribution in [0.1, 0.15) is 36.0 Å².